The molecule has 0 rings (SSSR count). The Labute approximate surface area is 69.7 Å². The van der Waals surface area contributed by atoms with Crippen molar-refractivity contribution in [2.45, 2.75) is 41.5 Å². The first kappa shape index (κ1) is 13.0. The van der Waals surface area contributed by atoms with Gasteiger partial charge in [0.25, 0.3) is 5.91 Å². The highest BCUT2D eigenvalue weighted by atomic mass is 16.1. The van der Waals surface area contributed by atoms with Gasteiger partial charge >= 0.3 is 0 Å². The van der Waals surface area contributed by atoms with Crippen LogP contribution in [0.2, 0.25) is 0 Å². The minimum absolute atomic E-state index is 0.0648. The van der Waals surface area contributed by atoms with Crippen molar-refractivity contribution in [3.05, 3.63) is 0 Å². The Morgan fingerprint density at radius 2 is 1.64 bits per heavy atom. The molecule has 0 aliphatic carbocycles. The molecule has 66 valence electrons. The van der Waals surface area contributed by atoms with Gasteiger partial charge in [-0.05, 0) is 6.92 Å². The van der Waals surface area contributed by atoms with E-state index in [1.165, 1.54) is 6.21 Å². The lowest BCUT2D eigenvalue weighted by molar-refractivity contribution is -0.124. The molecule has 0 spiro atoms. The van der Waals surface area contributed by atoms with E-state index in [0.29, 0.717) is 0 Å². The van der Waals surface area contributed by atoms with Crippen LogP contribution < -0.4 is 0 Å². The molecule has 0 aromatic carbocycles. The van der Waals surface area contributed by atoms with Crippen molar-refractivity contribution in [2.24, 2.45) is 10.4 Å². The molecule has 2 heteroatoms. The molecule has 11 heavy (non-hydrogen) atoms. The summed E-state index contributed by atoms with van der Waals surface area (Å²) in [6.45, 7) is 11.3. The predicted molar refractivity (Wildman–Crippen MR) is 50.0 cm³/mol. The maximum atomic E-state index is 10.9. The second-order valence-electron chi connectivity index (χ2n) is 2.94. The smallest absolute Gasteiger partial charge is 0.250 e. The van der Waals surface area contributed by atoms with Crippen LogP contribution in [-0.2, 0) is 4.79 Å². The van der Waals surface area contributed by atoms with E-state index >= 15 is 0 Å². The Kier molecular flexibility index (Phi) is 7.16. The fraction of sp³-hybridized carbons (Fsp3) is 0.778. The molecule has 0 fully saturated rings. The fourth-order valence-corrected chi connectivity index (χ4v) is 0.311. The van der Waals surface area contributed by atoms with Crippen LogP contribution in [0.5, 0.6) is 0 Å². The molecule has 0 unspecified atom stereocenters. The van der Waals surface area contributed by atoms with Gasteiger partial charge in [-0.2, -0.15) is 0 Å². The van der Waals surface area contributed by atoms with E-state index in [1.54, 1.807) is 6.92 Å². The minimum atomic E-state index is -0.327. The first-order valence-corrected chi connectivity index (χ1v) is 4.01. The van der Waals surface area contributed by atoms with Gasteiger partial charge in [0.2, 0.25) is 0 Å². The van der Waals surface area contributed by atoms with E-state index in [4.69, 9.17) is 0 Å². The summed E-state index contributed by atoms with van der Waals surface area (Å²) in [7, 11) is 0. The zero-order chi connectivity index (χ0) is 9.49. The molecule has 0 N–H and O–H groups in total. The lowest BCUT2D eigenvalue weighted by Gasteiger charge is -2.11. The SMILES string of the molecule is CC.CC=NC(=O)C(C)(C)C. The number of hydrogen-bond donors (Lipinski definition) is 0. The molecule has 0 aliphatic rings. The highest BCUT2D eigenvalue weighted by Crippen LogP contribution is 2.14. The first-order chi connectivity index (χ1) is 4.98. The summed E-state index contributed by atoms with van der Waals surface area (Å²) in [6, 6.07) is 0. The Morgan fingerprint density at radius 3 is 1.73 bits per heavy atom. The van der Waals surface area contributed by atoms with E-state index in [1.807, 2.05) is 34.6 Å². The van der Waals surface area contributed by atoms with Gasteiger partial charge in [-0.25, -0.2) is 4.99 Å². The third kappa shape index (κ3) is 7.23. The minimum Gasteiger partial charge on any atom is -0.272 e. The quantitative estimate of drug-likeness (QED) is 0.497. The highest BCUT2D eigenvalue weighted by Gasteiger charge is 2.19. The van der Waals surface area contributed by atoms with Crippen molar-refractivity contribution in [1.29, 1.82) is 0 Å². The monoisotopic (exact) mass is 157 g/mol. The van der Waals surface area contributed by atoms with E-state index in [0.717, 1.165) is 0 Å². The average Bonchev–Trinajstić information content (AvgIpc) is 1.91. The Bertz CT molecular complexity index is 131. The molecular weight excluding hydrogens is 138 g/mol. The van der Waals surface area contributed by atoms with Crippen LogP contribution in [-0.4, -0.2) is 12.1 Å². The number of carbonyl (C=O) groups excluding carboxylic acids is 1. The molecule has 0 saturated heterocycles. The molecule has 1 amide bonds. The van der Waals surface area contributed by atoms with Gasteiger partial charge in [0, 0.05) is 11.6 Å². The molecule has 0 radical (unpaired) electrons. The normalized spacial score (nSPS) is 10.7. The molecule has 0 aromatic heterocycles. The lowest BCUT2D eigenvalue weighted by Crippen LogP contribution is -2.17. The largest absolute Gasteiger partial charge is 0.272 e. The zero-order valence-corrected chi connectivity index (χ0v) is 8.43. The number of rotatable bonds is 0. The van der Waals surface area contributed by atoms with Gasteiger partial charge in [0.1, 0.15) is 0 Å². The van der Waals surface area contributed by atoms with E-state index in [9.17, 15) is 4.79 Å². The number of amides is 1. The van der Waals surface area contributed by atoms with Gasteiger partial charge in [0.05, 0.1) is 0 Å². The molecule has 0 aliphatic heterocycles. The maximum absolute atomic E-state index is 10.9. The van der Waals surface area contributed by atoms with Crippen LogP contribution in [0.25, 0.3) is 0 Å². The summed E-state index contributed by atoms with van der Waals surface area (Å²) in [5, 5.41) is 0. The van der Waals surface area contributed by atoms with E-state index in [2.05, 4.69) is 4.99 Å². The maximum Gasteiger partial charge on any atom is 0.250 e. The van der Waals surface area contributed by atoms with E-state index < -0.39 is 0 Å². The molecule has 0 saturated carbocycles. The van der Waals surface area contributed by atoms with Crippen molar-refractivity contribution in [3.8, 4) is 0 Å². The summed E-state index contributed by atoms with van der Waals surface area (Å²) in [5.41, 5.74) is -0.327. The summed E-state index contributed by atoms with van der Waals surface area (Å²) in [5.74, 6) is -0.0648. The third-order valence-electron chi connectivity index (χ3n) is 0.888. The Hall–Kier alpha value is -0.660. The number of hydrogen-bond acceptors (Lipinski definition) is 1. The average molecular weight is 157 g/mol. The summed E-state index contributed by atoms with van der Waals surface area (Å²) >= 11 is 0. The molecule has 0 atom stereocenters. The first-order valence-electron chi connectivity index (χ1n) is 4.01. The molecule has 0 aromatic rings. The fourth-order valence-electron chi connectivity index (χ4n) is 0.311. The molecule has 0 heterocycles. The van der Waals surface area contributed by atoms with Crippen LogP contribution in [0.15, 0.2) is 4.99 Å². The van der Waals surface area contributed by atoms with Gasteiger partial charge in [-0.15, -0.1) is 0 Å². The highest BCUT2D eigenvalue weighted by molar-refractivity contribution is 5.88. The van der Waals surface area contributed by atoms with E-state index in [-0.39, 0.29) is 11.3 Å². The molecular formula is C9H19NO. The van der Waals surface area contributed by atoms with Crippen LogP contribution in [0.1, 0.15) is 41.5 Å². The predicted octanol–water partition coefficient (Wildman–Crippen LogP) is 2.68. The second-order valence-corrected chi connectivity index (χ2v) is 2.94. The van der Waals surface area contributed by atoms with Crippen LogP contribution >= 0.6 is 0 Å². The van der Waals surface area contributed by atoms with Crippen molar-refractivity contribution >= 4 is 12.1 Å². The van der Waals surface area contributed by atoms with Gasteiger partial charge in [-0.3, -0.25) is 4.79 Å². The summed E-state index contributed by atoms with van der Waals surface area (Å²) in [4.78, 5) is 14.5. The lowest BCUT2D eigenvalue weighted by atomic mass is 9.96. The number of nitrogens with zero attached hydrogens (tertiary/aromatic N) is 1. The number of aliphatic imine (C=N–C) groups is 1. The topological polar surface area (TPSA) is 29.4 Å². The van der Waals surface area contributed by atoms with Crippen LogP contribution in [0.4, 0.5) is 0 Å². The van der Waals surface area contributed by atoms with Crippen LogP contribution in [0, 0.1) is 5.41 Å². The van der Waals surface area contributed by atoms with Crippen molar-refractivity contribution in [3.63, 3.8) is 0 Å². The van der Waals surface area contributed by atoms with Crippen molar-refractivity contribution in [2.75, 3.05) is 0 Å². The Balaban J connectivity index is 0. The standard InChI is InChI=1S/C7H13NO.C2H6/c1-5-8-6(9)7(2,3)4;1-2/h5H,1-4H3;1-2H3. The molecule has 0 bridgehead atoms. The second kappa shape index (κ2) is 6.08. The van der Waals surface area contributed by atoms with Crippen LogP contribution in [0.3, 0.4) is 0 Å². The van der Waals surface area contributed by atoms with Crippen molar-refractivity contribution in [1.82, 2.24) is 0 Å². The van der Waals surface area contributed by atoms with Gasteiger partial charge in [0.15, 0.2) is 0 Å². The third-order valence-corrected chi connectivity index (χ3v) is 0.888. The zero-order valence-electron chi connectivity index (χ0n) is 8.43. The summed E-state index contributed by atoms with van der Waals surface area (Å²) < 4.78 is 0. The molecule has 2 nitrogen and oxygen atoms in total. The van der Waals surface area contributed by atoms with Gasteiger partial charge < -0.3 is 0 Å². The Morgan fingerprint density at radius 1 is 1.27 bits per heavy atom. The summed E-state index contributed by atoms with van der Waals surface area (Å²) in [6.07, 6.45) is 1.52. The van der Waals surface area contributed by atoms with Gasteiger partial charge in [-0.1, -0.05) is 34.6 Å². The van der Waals surface area contributed by atoms with Crippen molar-refractivity contribution < 1.29 is 4.79 Å². The number of carbonyl (C=O) groups is 1.